The molecule has 0 radical (unpaired) electrons. The molecule has 28 heavy (non-hydrogen) atoms. The van der Waals surface area contributed by atoms with Gasteiger partial charge in [-0.1, -0.05) is 0 Å². The molecule has 2 aromatic rings. The molecule has 1 aromatic heterocycles. The lowest BCUT2D eigenvalue weighted by Gasteiger charge is -2.36. The minimum atomic E-state index is -1.39. The highest BCUT2D eigenvalue weighted by atomic mass is 19.1. The van der Waals surface area contributed by atoms with Gasteiger partial charge in [-0.25, -0.2) is 13.6 Å². The van der Waals surface area contributed by atoms with E-state index in [2.05, 4.69) is 4.90 Å². The van der Waals surface area contributed by atoms with Gasteiger partial charge in [0.05, 0.1) is 22.6 Å². The van der Waals surface area contributed by atoms with Crippen LogP contribution in [-0.4, -0.2) is 58.9 Å². The number of hydrogen-bond acceptors (Lipinski definition) is 4. The molecule has 3 aliphatic rings. The van der Waals surface area contributed by atoms with Crippen molar-refractivity contribution in [3.8, 4) is 0 Å². The van der Waals surface area contributed by atoms with Gasteiger partial charge in [-0.15, -0.1) is 0 Å². The van der Waals surface area contributed by atoms with E-state index in [4.69, 9.17) is 0 Å². The monoisotopic (exact) mass is 389 g/mol. The van der Waals surface area contributed by atoms with E-state index in [0.29, 0.717) is 17.7 Å². The van der Waals surface area contributed by atoms with Gasteiger partial charge in [-0.2, -0.15) is 0 Å². The lowest BCUT2D eigenvalue weighted by atomic mass is 10.0. The van der Waals surface area contributed by atoms with Crippen molar-refractivity contribution >= 4 is 22.6 Å². The molecule has 1 aromatic carbocycles. The van der Waals surface area contributed by atoms with E-state index in [1.807, 2.05) is 4.90 Å². The smallest absolute Gasteiger partial charge is 0.341 e. The Hall–Kier alpha value is -2.48. The van der Waals surface area contributed by atoms with E-state index in [1.54, 1.807) is 6.07 Å². The second kappa shape index (κ2) is 6.01. The van der Waals surface area contributed by atoms with E-state index in [0.717, 1.165) is 26.1 Å². The Morgan fingerprint density at radius 1 is 1.29 bits per heavy atom. The number of pyridine rings is 1. The van der Waals surface area contributed by atoms with Crippen molar-refractivity contribution in [2.45, 2.75) is 38.0 Å². The van der Waals surface area contributed by atoms with E-state index < -0.39 is 35.0 Å². The van der Waals surface area contributed by atoms with Crippen LogP contribution in [0.25, 0.3) is 10.9 Å². The van der Waals surface area contributed by atoms with Gasteiger partial charge in [-0.05, 0) is 19.4 Å². The Balaban J connectivity index is 1.76. The van der Waals surface area contributed by atoms with E-state index in [-0.39, 0.29) is 23.4 Å². The van der Waals surface area contributed by atoms with Gasteiger partial charge in [-0.3, -0.25) is 9.69 Å². The molecular weight excluding hydrogens is 368 g/mol. The van der Waals surface area contributed by atoms with Crippen molar-refractivity contribution in [1.29, 1.82) is 0 Å². The zero-order valence-electron chi connectivity index (χ0n) is 15.5. The second-order valence-electron chi connectivity index (χ2n) is 8.07. The Morgan fingerprint density at radius 2 is 2.04 bits per heavy atom. The van der Waals surface area contributed by atoms with Crippen LogP contribution in [0.2, 0.25) is 0 Å². The molecule has 1 N–H and O–H groups in total. The number of carboxylic acids is 1. The van der Waals surface area contributed by atoms with Crippen LogP contribution >= 0.6 is 0 Å². The number of anilines is 1. The number of carbonyl (C=O) groups is 1. The van der Waals surface area contributed by atoms with Crippen molar-refractivity contribution in [2.75, 3.05) is 31.1 Å². The van der Waals surface area contributed by atoms with Crippen molar-refractivity contribution in [3.63, 3.8) is 0 Å². The summed E-state index contributed by atoms with van der Waals surface area (Å²) in [4.78, 5) is 28.7. The molecule has 2 saturated heterocycles. The lowest BCUT2D eigenvalue weighted by Crippen LogP contribution is -2.47. The fourth-order valence-electron chi connectivity index (χ4n) is 4.75. The summed E-state index contributed by atoms with van der Waals surface area (Å²) < 4.78 is 30.7. The predicted molar refractivity (Wildman–Crippen MR) is 101 cm³/mol. The number of fused-ring (bicyclic) bond motifs is 3. The van der Waals surface area contributed by atoms with Gasteiger partial charge < -0.3 is 14.6 Å². The molecule has 2 bridgehead atoms. The third-order valence-corrected chi connectivity index (χ3v) is 6.40. The average molecular weight is 389 g/mol. The first-order valence-corrected chi connectivity index (χ1v) is 9.61. The number of alkyl halides is 1. The van der Waals surface area contributed by atoms with Gasteiger partial charge in [0, 0.05) is 50.4 Å². The first-order chi connectivity index (χ1) is 13.4. The number of benzene rings is 1. The molecule has 5 rings (SSSR count). The molecule has 3 heterocycles. The molecule has 2 unspecified atom stereocenters. The SMILES string of the molecule is Cc1c(F)c(N2CCN3CCC2C3)cc2c1c(=O)c(C(=O)O)cn2[C@@H]1C[C@@H]1F. The zero-order chi connectivity index (χ0) is 19.7. The number of halogens is 2. The lowest BCUT2D eigenvalue weighted by molar-refractivity contribution is 0.0694. The van der Waals surface area contributed by atoms with E-state index in [9.17, 15) is 19.1 Å². The number of carboxylic acid groups (broad SMARTS) is 1. The molecule has 0 spiro atoms. The number of aryl methyl sites for hydroxylation is 1. The number of piperazine rings is 1. The van der Waals surface area contributed by atoms with Gasteiger partial charge >= 0.3 is 5.97 Å². The van der Waals surface area contributed by atoms with Crippen LogP contribution in [0, 0.1) is 12.7 Å². The maximum Gasteiger partial charge on any atom is 0.341 e. The van der Waals surface area contributed by atoms with E-state index in [1.165, 1.54) is 17.7 Å². The Kier molecular flexibility index (Phi) is 3.78. The predicted octanol–water partition coefficient (Wildman–Crippen LogP) is 2.32. The van der Waals surface area contributed by atoms with Crippen molar-refractivity contribution < 1.29 is 18.7 Å². The van der Waals surface area contributed by atoms with Crippen molar-refractivity contribution in [2.24, 2.45) is 0 Å². The van der Waals surface area contributed by atoms with Crippen LogP contribution in [0.15, 0.2) is 17.1 Å². The average Bonchev–Trinajstić information content (AvgIpc) is 3.27. The molecule has 148 valence electrons. The first-order valence-electron chi connectivity index (χ1n) is 9.61. The van der Waals surface area contributed by atoms with Gasteiger partial charge in [0.15, 0.2) is 0 Å². The third-order valence-electron chi connectivity index (χ3n) is 6.40. The minimum absolute atomic E-state index is 0.0327. The molecule has 2 aliphatic heterocycles. The van der Waals surface area contributed by atoms with Crippen molar-refractivity contribution in [3.05, 3.63) is 39.4 Å². The van der Waals surface area contributed by atoms with Crippen LogP contribution < -0.4 is 10.3 Å². The normalized spacial score (nSPS) is 28.8. The minimum Gasteiger partial charge on any atom is -0.477 e. The standard InChI is InChI=1S/C20H21F2N3O3/c1-10-17-15(25(14-6-13(14)21)9-12(19(17)26)20(27)28)7-16(18(10)22)24-5-4-23-3-2-11(24)8-23/h7,9,11,13-14H,2-6,8H2,1H3,(H,27,28)/t11?,13-,14+/m0/s1. The Bertz CT molecular complexity index is 1070. The van der Waals surface area contributed by atoms with Crippen LogP contribution in [0.3, 0.4) is 0 Å². The quantitative estimate of drug-likeness (QED) is 0.873. The van der Waals surface area contributed by atoms with Crippen LogP contribution in [0.1, 0.15) is 34.8 Å². The number of nitrogens with zero attached hydrogens (tertiary/aromatic N) is 3. The summed E-state index contributed by atoms with van der Waals surface area (Å²) >= 11 is 0. The van der Waals surface area contributed by atoms with Crippen molar-refractivity contribution in [1.82, 2.24) is 9.47 Å². The highest BCUT2D eigenvalue weighted by Crippen LogP contribution is 2.42. The van der Waals surface area contributed by atoms with Crippen LogP contribution in [-0.2, 0) is 0 Å². The maximum absolute atomic E-state index is 15.4. The molecule has 0 amide bonds. The summed E-state index contributed by atoms with van der Waals surface area (Å²) in [6.45, 7) is 4.93. The molecule has 6 nitrogen and oxygen atoms in total. The van der Waals surface area contributed by atoms with Crippen LogP contribution in [0.4, 0.5) is 14.5 Å². The largest absolute Gasteiger partial charge is 0.477 e. The van der Waals surface area contributed by atoms with Crippen LogP contribution in [0.5, 0.6) is 0 Å². The highest BCUT2D eigenvalue weighted by Gasteiger charge is 2.41. The first kappa shape index (κ1) is 17.6. The molecule has 3 fully saturated rings. The maximum atomic E-state index is 15.4. The summed E-state index contributed by atoms with van der Waals surface area (Å²) in [6, 6.07) is 1.32. The highest BCUT2D eigenvalue weighted by molar-refractivity contribution is 5.95. The second-order valence-corrected chi connectivity index (χ2v) is 8.07. The number of hydrogen-bond donors (Lipinski definition) is 1. The topological polar surface area (TPSA) is 65.8 Å². The summed E-state index contributed by atoms with van der Waals surface area (Å²) in [5.41, 5.74) is -0.209. The molecule has 4 atom stereocenters. The van der Waals surface area contributed by atoms with Gasteiger partial charge in [0.1, 0.15) is 17.6 Å². The fourth-order valence-corrected chi connectivity index (χ4v) is 4.75. The summed E-state index contributed by atoms with van der Waals surface area (Å²) in [5.74, 6) is -1.88. The Labute approximate surface area is 160 Å². The van der Waals surface area contributed by atoms with Gasteiger partial charge in [0.2, 0.25) is 5.43 Å². The Morgan fingerprint density at radius 3 is 2.71 bits per heavy atom. The molecule has 1 saturated carbocycles. The fraction of sp³-hybridized carbons (Fsp3) is 0.500. The third kappa shape index (κ3) is 2.47. The molecule has 1 aliphatic carbocycles. The number of aromatic nitrogens is 1. The summed E-state index contributed by atoms with van der Waals surface area (Å²) in [7, 11) is 0. The number of aromatic carboxylic acids is 1. The summed E-state index contributed by atoms with van der Waals surface area (Å²) in [5, 5.41) is 9.43. The summed E-state index contributed by atoms with van der Waals surface area (Å²) in [6.07, 6.45) is 1.35. The van der Waals surface area contributed by atoms with E-state index >= 15 is 4.39 Å². The molecular formula is C20H21F2N3O3. The number of rotatable bonds is 3. The van der Waals surface area contributed by atoms with Gasteiger partial charge in [0.25, 0.3) is 0 Å². The zero-order valence-corrected chi connectivity index (χ0v) is 15.5. The molecule has 8 heteroatoms.